The summed E-state index contributed by atoms with van der Waals surface area (Å²) in [5, 5.41) is 1.53. The molecule has 0 saturated heterocycles. The van der Waals surface area contributed by atoms with Gasteiger partial charge in [-0.15, -0.1) is 11.6 Å². The number of hydrogen-bond acceptors (Lipinski definition) is 0. The number of unbranched alkanes of at least 4 members (excludes halogenated alkanes) is 8. The Morgan fingerprint density at radius 2 is 1.39 bits per heavy atom. The molecule has 0 aliphatic carbocycles. The highest BCUT2D eigenvalue weighted by molar-refractivity contribution is 6.83. The Hall–Kier alpha value is 0.247. The van der Waals surface area contributed by atoms with Crippen LogP contribution in [0.15, 0.2) is 11.3 Å². The molecule has 0 bridgehead atoms. The molecule has 18 heavy (non-hydrogen) atoms. The van der Waals surface area contributed by atoms with Crippen molar-refractivity contribution >= 4 is 19.7 Å². The standard InChI is InChI=1S/C16H33ClSi/c1-5-6-7-8-9-10-11-12-13-14-16(15-17)18(2,3)4/h14H,5-13,15H2,1-4H3/b16-14+. The summed E-state index contributed by atoms with van der Waals surface area (Å²) in [6.07, 6.45) is 14.9. The summed E-state index contributed by atoms with van der Waals surface area (Å²) in [6, 6.07) is 0. The maximum Gasteiger partial charge on any atom is 0.0735 e. The maximum atomic E-state index is 6.03. The van der Waals surface area contributed by atoms with Gasteiger partial charge in [0.15, 0.2) is 0 Å². The van der Waals surface area contributed by atoms with Crippen LogP contribution in [0.5, 0.6) is 0 Å². The van der Waals surface area contributed by atoms with Crippen LogP contribution in [0.2, 0.25) is 19.6 Å². The number of rotatable bonds is 11. The van der Waals surface area contributed by atoms with E-state index in [-0.39, 0.29) is 0 Å². The van der Waals surface area contributed by atoms with Crippen LogP contribution in [-0.4, -0.2) is 14.0 Å². The molecule has 0 unspecified atom stereocenters. The van der Waals surface area contributed by atoms with Crippen molar-refractivity contribution in [3.05, 3.63) is 11.3 Å². The van der Waals surface area contributed by atoms with Crippen molar-refractivity contribution in [2.24, 2.45) is 0 Å². The molecular weight excluding hydrogens is 256 g/mol. The number of hydrogen-bond donors (Lipinski definition) is 0. The van der Waals surface area contributed by atoms with Crippen molar-refractivity contribution in [2.45, 2.75) is 84.4 Å². The highest BCUT2D eigenvalue weighted by Crippen LogP contribution is 2.18. The molecule has 0 saturated carbocycles. The Labute approximate surface area is 121 Å². The highest BCUT2D eigenvalue weighted by Gasteiger charge is 2.17. The molecule has 0 aromatic rings. The van der Waals surface area contributed by atoms with E-state index in [4.69, 9.17) is 11.6 Å². The first-order valence-corrected chi connectivity index (χ1v) is 11.8. The van der Waals surface area contributed by atoms with Crippen molar-refractivity contribution in [1.29, 1.82) is 0 Å². The lowest BCUT2D eigenvalue weighted by Gasteiger charge is -2.18. The van der Waals surface area contributed by atoms with E-state index < -0.39 is 8.07 Å². The zero-order chi connectivity index (χ0) is 13.9. The van der Waals surface area contributed by atoms with Gasteiger partial charge in [0.1, 0.15) is 0 Å². The van der Waals surface area contributed by atoms with E-state index in [1.807, 2.05) is 0 Å². The topological polar surface area (TPSA) is 0 Å². The van der Waals surface area contributed by atoms with Gasteiger partial charge in [0.25, 0.3) is 0 Å². The summed E-state index contributed by atoms with van der Waals surface area (Å²) >= 11 is 6.03. The largest absolute Gasteiger partial charge is 0.122 e. The van der Waals surface area contributed by atoms with Crippen LogP contribution in [-0.2, 0) is 0 Å². The third-order valence-electron chi connectivity index (χ3n) is 3.56. The summed E-state index contributed by atoms with van der Waals surface area (Å²) in [4.78, 5) is 0. The SMILES string of the molecule is CCCCCCCCCC/C=C(\CCl)[Si](C)(C)C. The van der Waals surface area contributed by atoms with Gasteiger partial charge in [0.05, 0.1) is 8.07 Å². The van der Waals surface area contributed by atoms with Gasteiger partial charge < -0.3 is 0 Å². The lowest BCUT2D eigenvalue weighted by Crippen LogP contribution is -2.25. The predicted octanol–water partition coefficient (Wildman–Crippen LogP) is 6.56. The molecule has 2 heteroatoms. The van der Waals surface area contributed by atoms with Gasteiger partial charge in [-0.05, 0) is 12.8 Å². The normalized spacial score (nSPS) is 13.1. The molecule has 0 aromatic heterocycles. The Bertz CT molecular complexity index is 216. The Morgan fingerprint density at radius 1 is 0.889 bits per heavy atom. The zero-order valence-corrected chi connectivity index (χ0v) is 14.8. The average Bonchev–Trinajstić information content (AvgIpc) is 2.30. The molecule has 0 nitrogen and oxygen atoms in total. The van der Waals surface area contributed by atoms with E-state index in [1.54, 1.807) is 0 Å². The van der Waals surface area contributed by atoms with Crippen molar-refractivity contribution in [3.63, 3.8) is 0 Å². The van der Waals surface area contributed by atoms with Crippen LogP contribution in [0.4, 0.5) is 0 Å². The highest BCUT2D eigenvalue weighted by atomic mass is 35.5. The van der Waals surface area contributed by atoms with Crippen molar-refractivity contribution in [1.82, 2.24) is 0 Å². The molecule has 108 valence electrons. The van der Waals surface area contributed by atoms with Gasteiger partial charge in [0.2, 0.25) is 0 Å². The fourth-order valence-electron chi connectivity index (χ4n) is 2.12. The molecule has 0 N–H and O–H groups in total. The van der Waals surface area contributed by atoms with E-state index in [0.717, 1.165) is 5.88 Å². The molecule has 0 amide bonds. The summed E-state index contributed by atoms with van der Waals surface area (Å²) in [5.74, 6) is 0.743. The Kier molecular flexibility index (Phi) is 11.3. The molecule has 0 rings (SSSR count). The fraction of sp³-hybridized carbons (Fsp3) is 0.875. The van der Waals surface area contributed by atoms with Crippen molar-refractivity contribution in [3.8, 4) is 0 Å². The molecule has 0 radical (unpaired) electrons. The smallest absolute Gasteiger partial charge is 0.0735 e. The number of halogens is 1. The quantitative estimate of drug-likeness (QED) is 0.229. The van der Waals surface area contributed by atoms with E-state index in [0.29, 0.717) is 0 Å². The lowest BCUT2D eigenvalue weighted by atomic mass is 10.1. The first kappa shape index (κ1) is 18.2. The molecule has 0 atom stereocenters. The fourth-order valence-corrected chi connectivity index (χ4v) is 4.59. The van der Waals surface area contributed by atoms with Gasteiger partial charge in [0, 0.05) is 5.88 Å². The second-order valence-corrected chi connectivity index (χ2v) is 11.8. The van der Waals surface area contributed by atoms with Gasteiger partial charge in [-0.25, -0.2) is 0 Å². The summed E-state index contributed by atoms with van der Waals surface area (Å²) in [5.41, 5.74) is 0. The molecule has 0 fully saturated rings. The second kappa shape index (κ2) is 11.1. The minimum Gasteiger partial charge on any atom is -0.122 e. The Balaban J connectivity index is 3.52. The van der Waals surface area contributed by atoms with E-state index in [2.05, 4.69) is 32.6 Å². The van der Waals surface area contributed by atoms with E-state index in [9.17, 15) is 0 Å². The van der Waals surface area contributed by atoms with Crippen LogP contribution in [0, 0.1) is 0 Å². The molecule has 0 aliphatic heterocycles. The minimum atomic E-state index is -1.15. The molecule has 0 aliphatic rings. The summed E-state index contributed by atoms with van der Waals surface area (Å²) < 4.78 is 0. The first-order valence-electron chi connectivity index (χ1n) is 7.77. The third-order valence-corrected chi connectivity index (χ3v) is 6.38. The number of alkyl halides is 1. The predicted molar refractivity (Wildman–Crippen MR) is 89.4 cm³/mol. The third kappa shape index (κ3) is 10.2. The number of allylic oxidation sites excluding steroid dienone is 2. The Morgan fingerprint density at radius 3 is 1.83 bits per heavy atom. The van der Waals surface area contributed by atoms with Crippen LogP contribution in [0.3, 0.4) is 0 Å². The molecule has 0 heterocycles. The maximum absolute atomic E-state index is 6.03. The van der Waals surface area contributed by atoms with E-state index >= 15 is 0 Å². The van der Waals surface area contributed by atoms with Gasteiger partial charge in [-0.3, -0.25) is 0 Å². The van der Waals surface area contributed by atoms with Gasteiger partial charge >= 0.3 is 0 Å². The second-order valence-electron chi connectivity index (χ2n) is 6.38. The van der Waals surface area contributed by atoms with Crippen LogP contribution < -0.4 is 0 Å². The first-order chi connectivity index (χ1) is 8.52. The van der Waals surface area contributed by atoms with E-state index in [1.165, 1.54) is 63.0 Å². The molecule has 0 aromatic carbocycles. The van der Waals surface area contributed by atoms with Crippen molar-refractivity contribution in [2.75, 3.05) is 5.88 Å². The minimum absolute atomic E-state index is 0.743. The summed E-state index contributed by atoms with van der Waals surface area (Å²) in [7, 11) is -1.15. The lowest BCUT2D eigenvalue weighted by molar-refractivity contribution is 0.577. The van der Waals surface area contributed by atoms with Gasteiger partial charge in [-0.2, -0.15) is 0 Å². The van der Waals surface area contributed by atoms with Crippen molar-refractivity contribution < 1.29 is 0 Å². The summed E-state index contributed by atoms with van der Waals surface area (Å²) in [6.45, 7) is 9.43. The molecular formula is C16H33ClSi. The average molecular weight is 289 g/mol. The van der Waals surface area contributed by atoms with Crippen LogP contribution >= 0.6 is 11.6 Å². The van der Waals surface area contributed by atoms with Crippen LogP contribution in [0.25, 0.3) is 0 Å². The molecule has 0 spiro atoms. The van der Waals surface area contributed by atoms with Crippen LogP contribution in [0.1, 0.15) is 64.7 Å². The van der Waals surface area contributed by atoms with Gasteiger partial charge in [-0.1, -0.05) is 82.8 Å². The monoisotopic (exact) mass is 288 g/mol. The zero-order valence-electron chi connectivity index (χ0n) is 13.0.